The molecule has 1 aliphatic rings. The molecule has 3 aromatic carbocycles. The monoisotopic (exact) mass is 362 g/mol. The molecule has 6 rings (SSSR count). The third-order valence-electron chi connectivity index (χ3n) is 6.33. The predicted octanol–water partition coefficient (Wildman–Crippen LogP) is 6.45. The highest BCUT2D eigenvalue weighted by atomic mass is 15.0. The number of hydrogen-bond donors (Lipinski definition) is 0. The van der Waals surface area contributed by atoms with Gasteiger partial charge in [0.25, 0.3) is 0 Å². The van der Waals surface area contributed by atoms with Crippen LogP contribution in [0.15, 0.2) is 66.7 Å². The van der Waals surface area contributed by atoms with E-state index in [0.717, 1.165) is 17.8 Å². The lowest BCUT2D eigenvalue weighted by Gasteiger charge is -2.32. The fraction of sp³-hybridized carbons (Fsp3) is 0.192. The number of rotatable bonds is 1. The fourth-order valence-electron chi connectivity index (χ4n) is 5.34. The van der Waals surface area contributed by atoms with Gasteiger partial charge >= 0.3 is 0 Å². The zero-order valence-corrected chi connectivity index (χ0v) is 16.5. The van der Waals surface area contributed by atoms with E-state index in [0.29, 0.717) is 0 Å². The van der Waals surface area contributed by atoms with Gasteiger partial charge in [-0.25, -0.2) is 4.98 Å². The smallest absolute Gasteiger partial charge is 0.145 e. The molecule has 28 heavy (non-hydrogen) atoms. The van der Waals surface area contributed by atoms with Gasteiger partial charge in [0.2, 0.25) is 0 Å². The summed E-state index contributed by atoms with van der Waals surface area (Å²) in [5.41, 5.74) is 8.99. The first-order valence-electron chi connectivity index (χ1n) is 9.97. The number of pyridine rings is 1. The van der Waals surface area contributed by atoms with Crippen LogP contribution >= 0.6 is 0 Å². The maximum atomic E-state index is 5.06. The summed E-state index contributed by atoms with van der Waals surface area (Å²) in [6.07, 6.45) is 1.04. The van der Waals surface area contributed by atoms with Crippen LogP contribution in [0.1, 0.15) is 30.8 Å². The zero-order valence-electron chi connectivity index (χ0n) is 16.5. The van der Waals surface area contributed by atoms with Gasteiger partial charge in [0.15, 0.2) is 0 Å². The van der Waals surface area contributed by atoms with Crippen molar-refractivity contribution in [1.82, 2.24) is 9.38 Å². The Hall–Kier alpha value is -3.13. The number of hydrogen-bond acceptors (Lipinski definition) is 1. The third-order valence-corrected chi connectivity index (χ3v) is 6.33. The highest BCUT2D eigenvalue weighted by Gasteiger charge is 2.34. The first-order chi connectivity index (χ1) is 13.6. The van der Waals surface area contributed by atoms with Gasteiger partial charge in [-0.1, -0.05) is 80.6 Å². The average molecular weight is 362 g/mol. The highest BCUT2D eigenvalue weighted by Crippen LogP contribution is 2.45. The number of imidazole rings is 1. The molecule has 1 aliphatic heterocycles. The first-order valence-corrected chi connectivity index (χ1v) is 9.97. The molecule has 2 nitrogen and oxygen atoms in total. The summed E-state index contributed by atoms with van der Waals surface area (Å²) in [4.78, 5) is 5.06. The van der Waals surface area contributed by atoms with Crippen molar-refractivity contribution in [3.63, 3.8) is 0 Å². The molecule has 136 valence electrons. The maximum Gasteiger partial charge on any atom is 0.145 e. The van der Waals surface area contributed by atoms with Crippen LogP contribution < -0.4 is 0 Å². The quantitative estimate of drug-likeness (QED) is 0.313. The zero-order chi connectivity index (χ0) is 19.0. The number of nitrogens with zero attached hydrogens (tertiary/aromatic N) is 2. The van der Waals surface area contributed by atoms with Gasteiger partial charge in [0, 0.05) is 16.2 Å². The molecule has 0 aliphatic carbocycles. The summed E-state index contributed by atoms with van der Waals surface area (Å²) in [5.74, 6) is 0. The van der Waals surface area contributed by atoms with Crippen LogP contribution in [0.2, 0.25) is 0 Å². The van der Waals surface area contributed by atoms with Crippen LogP contribution in [0.25, 0.3) is 38.4 Å². The predicted molar refractivity (Wildman–Crippen MR) is 117 cm³/mol. The molecule has 0 radical (unpaired) electrons. The molecule has 0 fully saturated rings. The number of aromatic nitrogens is 2. The average Bonchev–Trinajstić information content (AvgIpc) is 3.06. The Morgan fingerprint density at radius 2 is 1.57 bits per heavy atom. The van der Waals surface area contributed by atoms with E-state index in [1.807, 2.05) is 0 Å². The summed E-state index contributed by atoms with van der Waals surface area (Å²) in [6.45, 7) is 6.85. The van der Waals surface area contributed by atoms with E-state index in [-0.39, 0.29) is 5.41 Å². The molecule has 2 heteroatoms. The normalized spacial score (nSPS) is 15.1. The van der Waals surface area contributed by atoms with Gasteiger partial charge in [-0.2, -0.15) is 0 Å². The van der Waals surface area contributed by atoms with E-state index >= 15 is 0 Å². The minimum atomic E-state index is 0.0696. The molecule has 0 N–H and O–H groups in total. The van der Waals surface area contributed by atoms with Crippen molar-refractivity contribution < 1.29 is 0 Å². The Kier molecular flexibility index (Phi) is 2.97. The van der Waals surface area contributed by atoms with Gasteiger partial charge in [0.05, 0.1) is 16.9 Å². The Balaban J connectivity index is 1.96. The molecular formula is C26H22N2. The molecule has 5 aromatic rings. The standard InChI is InChI=1S/C26H22N2/c1-16-24-26(2,3)15-18-13-14-19(17-9-5-4-6-10-17)22-20-11-7-8-12-21(20)25(27-16)28(24)23(18)22/h4-14H,15H2,1-3H3. The Bertz CT molecular complexity index is 1410. The molecule has 0 amide bonds. The lowest BCUT2D eigenvalue weighted by Crippen LogP contribution is -2.27. The number of aryl methyl sites for hydroxylation is 1. The Labute approximate surface area is 164 Å². The molecule has 0 saturated carbocycles. The van der Waals surface area contributed by atoms with Crippen LogP contribution in [-0.2, 0) is 11.8 Å². The highest BCUT2D eigenvalue weighted by molar-refractivity contribution is 6.18. The van der Waals surface area contributed by atoms with Gasteiger partial charge in [0.1, 0.15) is 5.65 Å². The lowest BCUT2D eigenvalue weighted by atomic mass is 9.78. The van der Waals surface area contributed by atoms with Crippen molar-refractivity contribution in [2.75, 3.05) is 0 Å². The summed E-state index contributed by atoms with van der Waals surface area (Å²) >= 11 is 0. The van der Waals surface area contributed by atoms with Gasteiger partial charge < -0.3 is 0 Å². The van der Waals surface area contributed by atoms with Crippen LogP contribution in [0.4, 0.5) is 0 Å². The van der Waals surface area contributed by atoms with E-state index in [4.69, 9.17) is 4.98 Å². The number of benzene rings is 3. The van der Waals surface area contributed by atoms with E-state index in [9.17, 15) is 0 Å². The molecular weight excluding hydrogens is 340 g/mol. The van der Waals surface area contributed by atoms with E-state index in [2.05, 4.69) is 91.9 Å². The molecule has 0 unspecified atom stereocenters. The van der Waals surface area contributed by atoms with Gasteiger partial charge in [-0.15, -0.1) is 0 Å². The molecule has 0 atom stereocenters. The van der Waals surface area contributed by atoms with Crippen molar-refractivity contribution in [3.8, 4) is 11.1 Å². The molecule has 0 saturated heterocycles. The van der Waals surface area contributed by atoms with Crippen molar-refractivity contribution in [2.24, 2.45) is 0 Å². The minimum absolute atomic E-state index is 0.0696. The summed E-state index contributed by atoms with van der Waals surface area (Å²) in [5, 5.41) is 3.87. The lowest BCUT2D eigenvalue weighted by molar-refractivity contribution is 0.491. The summed E-state index contributed by atoms with van der Waals surface area (Å²) < 4.78 is 2.46. The molecule has 0 spiro atoms. The molecule has 3 heterocycles. The van der Waals surface area contributed by atoms with Crippen molar-refractivity contribution in [2.45, 2.75) is 32.6 Å². The topological polar surface area (TPSA) is 17.3 Å². The first kappa shape index (κ1) is 15.9. The second-order valence-electron chi connectivity index (χ2n) is 8.67. The van der Waals surface area contributed by atoms with Crippen LogP contribution in [-0.4, -0.2) is 9.38 Å². The fourth-order valence-corrected chi connectivity index (χ4v) is 5.34. The molecule has 2 aromatic heterocycles. The number of fused-ring (bicyclic) bond motifs is 3. The van der Waals surface area contributed by atoms with Gasteiger partial charge in [-0.3, -0.25) is 4.40 Å². The van der Waals surface area contributed by atoms with Crippen molar-refractivity contribution in [3.05, 3.63) is 83.7 Å². The SMILES string of the molecule is Cc1nc2c3ccccc3c3c(-c4ccccc4)ccc4c3n2c1C(C)(C)C4. The molecule has 0 bridgehead atoms. The van der Waals surface area contributed by atoms with E-state index in [1.54, 1.807) is 0 Å². The maximum absolute atomic E-state index is 5.06. The van der Waals surface area contributed by atoms with E-state index < -0.39 is 0 Å². The van der Waals surface area contributed by atoms with Crippen molar-refractivity contribution in [1.29, 1.82) is 0 Å². The minimum Gasteiger partial charge on any atom is -0.295 e. The van der Waals surface area contributed by atoms with Crippen LogP contribution in [0, 0.1) is 6.92 Å². The summed E-state index contributed by atoms with van der Waals surface area (Å²) in [7, 11) is 0. The third kappa shape index (κ3) is 1.90. The summed E-state index contributed by atoms with van der Waals surface area (Å²) in [6, 6.07) is 24.1. The second kappa shape index (κ2) is 5.23. The Morgan fingerprint density at radius 3 is 2.36 bits per heavy atom. The van der Waals surface area contributed by atoms with E-state index in [1.165, 1.54) is 44.1 Å². The van der Waals surface area contributed by atoms with Crippen molar-refractivity contribution >= 4 is 27.3 Å². The van der Waals surface area contributed by atoms with Gasteiger partial charge in [-0.05, 0) is 35.4 Å². The van der Waals surface area contributed by atoms with Crippen LogP contribution in [0.3, 0.4) is 0 Å². The Morgan fingerprint density at radius 1 is 0.857 bits per heavy atom. The largest absolute Gasteiger partial charge is 0.295 e. The van der Waals surface area contributed by atoms with Crippen LogP contribution in [0.5, 0.6) is 0 Å². The second-order valence-corrected chi connectivity index (χ2v) is 8.67.